The van der Waals surface area contributed by atoms with Crippen molar-refractivity contribution in [2.45, 2.75) is 80.1 Å². The predicted molar refractivity (Wildman–Crippen MR) is 102 cm³/mol. The summed E-state index contributed by atoms with van der Waals surface area (Å²) < 4.78 is 0. The minimum Gasteiger partial charge on any atom is -0.299 e. The molecule has 3 heteroatoms. The van der Waals surface area contributed by atoms with E-state index >= 15 is 0 Å². The number of halogens is 1. The molecule has 0 aliphatic heterocycles. The van der Waals surface area contributed by atoms with Crippen molar-refractivity contribution in [2.24, 2.45) is 16.7 Å². The van der Waals surface area contributed by atoms with Crippen LogP contribution in [0, 0.1) is 16.7 Å². The molecule has 0 aromatic heterocycles. The van der Waals surface area contributed by atoms with E-state index in [0.29, 0.717) is 12.2 Å². The molecule has 0 heterocycles. The Morgan fingerprint density at radius 2 is 1.71 bits per heavy atom. The fourth-order valence-corrected chi connectivity index (χ4v) is 3.75. The van der Waals surface area contributed by atoms with Crippen molar-refractivity contribution in [1.82, 2.24) is 0 Å². The summed E-state index contributed by atoms with van der Waals surface area (Å²) in [6.07, 6.45) is 8.53. The number of hydrogen-bond donors (Lipinski definition) is 0. The number of Topliss-reactive ketones (excluding diaryl/α,β-unsaturated/α-hetero) is 1. The number of carbonyl (C=O) groups is 2. The summed E-state index contributed by atoms with van der Waals surface area (Å²) in [5.74, 6) is 0.337. The molecule has 24 heavy (non-hydrogen) atoms. The molecule has 0 spiro atoms. The molecule has 2 atom stereocenters. The van der Waals surface area contributed by atoms with Gasteiger partial charge in [0.15, 0.2) is 0 Å². The van der Waals surface area contributed by atoms with Gasteiger partial charge in [0.2, 0.25) is 5.24 Å². The lowest BCUT2D eigenvalue weighted by atomic mass is 9.55. The van der Waals surface area contributed by atoms with Gasteiger partial charge in [0.05, 0.1) is 0 Å². The van der Waals surface area contributed by atoms with Gasteiger partial charge in [0, 0.05) is 17.8 Å². The Balaban J connectivity index is 3.17. The zero-order valence-electron chi connectivity index (χ0n) is 16.2. The minimum atomic E-state index is -0.433. The van der Waals surface area contributed by atoms with Gasteiger partial charge >= 0.3 is 0 Å². The van der Waals surface area contributed by atoms with E-state index in [1.165, 1.54) is 11.1 Å². The van der Waals surface area contributed by atoms with E-state index in [1.807, 2.05) is 0 Å². The van der Waals surface area contributed by atoms with Crippen LogP contribution in [-0.2, 0) is 9.59 Å². The smallest absolute Gasteiger partial charge is 0.221 e. The van der Waals surface area contributed by atoms with Crippen LogP contribution in [0.2, 0.25) is 0 Å². The number of allylic oxidation sites excluding steroid dienone is 4. The summed E-state index contributed by atoms with van der Waals surface area (Å²) in [4.78, 5) is 24.8. The summed E-state index contributed by atoms with van der Waals surface area (Å²) in [5, 5.41) is -0.343. The van der Waals surface area contributed by atoms with Crippen molar-refractivity contribution in [3.05, 3.63) is 23.3 Å². The molecule has 136 valence electrons. The largest absolute Gasteiger partial charge is 0.299 e. The first-order chi connectivity index (χ1) is 11.0. The Labute approximate surface area is 152 Å². The van der Waals surface area contributed by atoms with Crippen LogP contribution in [0.1, 0.15) is 80.1 Å². The lowest BCUT2D eigenvalue weighted by molar-refractivity contribution is -0.143. The third kappa shape index (κ3) is 5.58. The van der Waals surface area contributed by atoms with E-state index in [0.717, 1.165) is 25.7 Å². The average Bonchev–Trinajstić information content (AvgIpc) is 2.45. The molecule has 0 N–H and O–H groups in total. The van der Waals surface area contributed by atoms with E-state index in [9.17, 15) is 9.59 Å². The zero-order chi connectivity index (χ0) is 18.5. The van der Waals surface area contributed by atoms with Gasteiger partial charge in [-0.2, -0.15) is 0 Å². The molecule has 0 radical (unpaired) electrons. The highest BCUT2D eigenvalue weighted by Crippen LogP contribution is 2.51. The number of hydrogen-bond acceptors (Lipinski definition) is 2. The summed E-state index contributed by atoms with van der Waals surface area (Å²) in [6, 6.07) is 0. The molecule has 2 unspecified atom stereocenters. The maximum Gasteiger partial charge on any atom is 0.221 e. The standard InChI is InChI=1S/C21H33ClO2/c1-15(2)7-8-17-19(24)21(11-9-16(3)4,12-10-18(22)23)14-13-20(17,5)6/h7,9,17H,8,10-14H2,1-6H3. The minimum absolute atomic E-state index is 0.00246. The number of ketones is 1. The lowest BCUT2D eigenvalue weighted by Crippen LogP contribution is -2.47. The maximum atomic E-state index is 13.5. The fourth-order valence-electron chi connectivity index (χ4n) is 3.65. The molecule has 0 amide bonds. The Kier molecular flexibility index (Phi) is 7.46. The summed E-state index contributed by atoms with van der Waals surface area (Å²) >= 11 is 5.59. The quantitative estimate of drug-likeness (QED) is 0.401. The normalized spacial score (nSPS) is 26.0. The SMILES string of the molecule is CC(C)=CCC1C(=O)C(CC=C(C)C)(CCC(=O)Cl)CCC1(C)C. The highest BCUT2D eigenvalue weighted by atomic mass is 35.5. The Morgan fingerprint density at radius 1 is 1.12 bits per heavy atom. The Hall–Kier alpha value is -0.890. The fraction of sp³-hybridized carbons (Fsp3) is 0.714. The third-order valence-corrected chi connectivity index (χ3v) is 5.68. The van der Waals surface area contributed by atoms with Crippen LogP contribution in [0.25, 0.3) is 0 Å². The zero-order valence-corrected chi connectivity index (χ0v) is 16.9. The Morgan fingerprint density at radius 3 is 2.21 bits per heavy atom. The lowest BCUT2D eigenvalue weighted by Gasteiger charge is -2.47. The number of rotatable bonds is 7. The first kappa shape index (κ1) is 21.2. The summed E-state index contributed by atoms with van der Waals surface area (Å²) in [5.41, 5.74) is 2.03. The molecule has 0 aromatic carbocycles. The Bertz CT molecular complexity index is 534. The molecule has 0 aromatic rings. The van der Waals surface area contributed by atoms with E-state index in [1.54, 1.807) is 0 Å². The van der Waals surface area contributed by atoms with Crippen molar-refractivity contribution in [3.8, 4) is 0 Å². The maximum absolute atomic E-state index is 13.5. The van der Waals surface area contributed by atoms with E-state index in [-0.39, 0.29) is 23.0 Å². The van der Waals surface area contributed by atoms with Gasteiger partial charge < -0.3 is 0 Å². The molecule has 1 aliphatic carbocycles. The molecule has 1 saturated carbocycles. The second-order valence-corrected chi connectivity index (χ2v) is 8.97. The number of carbonyl (C=O) groups excluding carboxylic acids is 2. The third-order valence-electron chi connectivity index (χ3n) is 5.49. The van der Waals surface area contributed by atoms with Crippen molar-refractivity contribution >= 4 is 22.6 Å². The van der Waals surface area contributed by atoms with Gasteiger partial charge in [0.25, 0.3) is 0 Å². The van der Waals surface area contributed by atoms with Crippen molar-refractivity contribution in [3.63, 3.8) is 0 Å². The van der Waals surface area contributed by atoms with Crippen molar-refractivity contribution in [2.75, 3.05) is 0 Å². The first-order valence-corrected chi connectivity index (χ1v) is 9.37. The van der Waals surface area contributed by atoms with Gasteiger partial charge in [-0.25, -0.2) is 0 Å². The van der Waals surface area contributed by atoms with Crippen molar-refractivity contribution in [1.29, 1.82) is 0 Å². The van der Waals surface area contributed by atoms with Crippen LogP contribution in [-0.4, -0.2) is 11.0 Å². The molecule has 1 rings (SSSR count). The van der Waals surface area contributed by atoms with Gasteiger partial charge in [0.1, 0.15) is 5.78 Å². The van der Waals surface area contributed by atoms with Gasteiger partial charge in [-0.1, -0.05) is 37.1 Å². The second kappa shape index (κ2) is 8.47. The van der Waals surface area contributed by atoms with E-state index in [4.69, 9.17) is 11.6 Å². The van der Waals surface area contributed by atoms with Crippen LogP contribution in [0.3, 0.4) is 0 Å². The van der Waals surface area contributed by atoms with Crippen LogP contribution in [0.4, 0.5) is 0 Å². The second-order valence-electron chi connectivity index (χ2n) is 8.54. The van der Waals surface area contributed by atoms with Gasteiger partial charge in [-0.3, -0.25) is 9.59 Å². The monoisotopic (exact) mass is 352 g/mol. The first-order valence-electron chi connectivity index (χ1n) is 8.99. The molecular weight excluding hydrogens is 320 g/mol. The van der Waals surface area contributed by atoms with E-state index in [2.05, 4.69) is 53.7 Å². The molecule has 1 aliphatic rings. The summed E-state index contributed by atoms with van der Waals surface area (Å²) in [6.45, 7) is 12.7. The molecular formula is C21H33ClO2. The van der Waals surface area contributed by atoms with Crippen LogP contribution < -0.4 is 0 Å². The predicted octanol–water partition coefficient (Wildman–Crippen LogP) is 6.24. The molecule has 2 nitrogen and oxygen atoms in total. The van der Waals surface area contributed by atoms with E-state index < -0.39 is 5.41 Å². The molecule has 0 saturated heterocycles. The highest BCUT2D eigenvalue weighted by molar-refractivity contribution is 6.63. The van der Waals surface area contributed by atoms with Crippen molar-refractivity contribution < 1.29 is 9.59 Å². The molecule has 1 fully saturated rings. The van der Waals surface area contributed by atoms with Gasteiger partial charge in [-0.05, 0) is 76.8 Å². The highest BCUT2D eigenvalue weighted by Gasteiger charge is 2.50. The van der Waals surface area contributed by atoms with Crippen LogP contribution in [0.5, 0.6) is 0 Å². The van der Waals surface area contributed by atoms with Crippen LogP contribution in [0.15, 0.2) is 23.3 Å². The topological polar surface area (TPSA) is 34.1 Å². The average molecular weight is 353 g/mol. The van der Waals surface area contributed by atoms with Crippen LogP contribution >= 0.6 is 11.6 Å². The molecule has 0 bridgehead atoms. The summed E-state index contributed by atoms with van der Waals surface area (Å²) in [7, 11) is 0. The van der Waals surface area contributed by atoms with Gasteiger partial charge in [-0.15, -0.1) is 0 Å².